The van der Waals surface area contributed by atoms with E-state index in [0.29, 0.717) is 11.4 Å². The Kier molecular flexibility index (Phi) is 5.55. The van der Waals surface area contributed by atoms with Gasteiger partial charge < -0.3 is 15.7 Å². The predicted molar refractivity (Wildman–Crippen MR) is 81.1 cm³/mol. The molecule has 1 saturated carbocycles. The number of aliphatic hydroxyl groups is 1. The minimum absolute atomic E-state index is 0.0768. The molecular formula is C14H21N3O2S. The van der Waals surface area contributed by atoms with Crippen LogP contribution in [0.25, 0.3) is 0 Å². The standard InChI is InChI=1S/C14H21N3O2S/c1-2-7-15-14-16-8-12(20-14)13(19)17-11-6-4-3-5-10(11)9-18/h2,8,10-11,18H,1,3-7,9H2,(H,15,16)(H,17,19)/t10-,11-/m0/s1. The van der Waals surface area contributed by atoms with Crippen molar-refractivity contribution in [1.29, 1.82) is 0 Å². The highest BCUT2D eigenvalue weighted by Crippen LogP contribution is 2.25. The van der Waals surface area contributed by atoms with Crippen molar-refractivity contribution in [3.8, 4) is 0 Å². The van der Waals surface area contributed by atoms with E-state index in [1.54, 1.807) is 12.3 Å². The molecule has 0 radical (unpaired) electrons. The van der Waals surface area contributed by atoms with Crippen LogP contribution in [-0.4, -0.2) is 35.2 Å². The molecule has 6 heteroatoms. The molecule has 3 N–H and O–H groups in total. The van der Waals surface area contributed by atoms with Crippen molar-refractivity contribution in [3.63, 3.8) is 0 Å². The molecule has 1 aromatic heterocycles. The minimum atomic E-state index is -0.0977. The van der Waals surface area contributed by atoms with Crippen LogP contribution in [0, 0.1) is 5.92 Å². The number of hydrogen-bond acceptors (Lipinski definition) is 5. The van der Waals surface area contributed by atoms with E-state index in [4.69, 9.17) is 0 Å². The highest BCUT2D eigenvalue weighted by atomic mass is 32.1. The second kappa shape index (κ2) is 7.40. The van der Waals surface area contributed by atoms with Crippen molar-refractivity contribution in [1.82, 2.24) is 10.3 Å². The van der Waals surface area contributed by atoms with Gasteiger partial charge in [0.15, 0.2) is 5.13 Å². The number of hydrogen-bond donors (Lipinski definition) is 3. The zero-order chi connectivity index (χ0) is 14.4. The third kappa shape index (κ3) is 3.80. The highest BCUT2D eigenvalue weighted by Gasteiger charge is 2.26. The summed E-state index contributed by atoms with van der Waals surface area (Å²) >= 11 is 1.33. The van der Waals surface area contributed by atoms with Gasteiger partial charge >= 0.3 is 0 Å². The van der Waals surface area contributed by atoms with Gasteiger partial charge in [0, 0.05) is 25.1 Å². The van der Waals surface area contributed by atoms with Crippen molar-refractivity contribution >= 4 is 22.4 Å². The summed E-state index contributed by atoms with van der Waals surface area (Å²) in [5.74, 6) is 0.0819. The fraction of sp³-hybridized carbons (Fsp3) is 0.571. The molecule has 1 heterocycles. The van der Waals surface area contributed by atoms with Crippen LogP contribution in [0.2, 0.25) is 0 Å². The number of rotatable bonds is 6. The van der Waals surface area contributed by atoms with Crippen LogP contribution in [-0.2, 0) is 0 Å². The topological polar surface area (TPSA) is 74.2 Å². The zero-order valence-electron chi connectivity index (χ0n) is 11.5. The van der Waals surface area contributed by atoms with E-state index in [1.165, 1.54) is 11.3 Å². The Morgan fingerprint density at radius 2 is 2.35 bits per heavy atom. The van der Waals surface area contributed by atoms with Crippen molar-refractivity contribution in [2.45, 2.75) is 31.7 Å². The van der Waals surface area contributed by atoms with E-state index >= 15 is 0 Å². The molecule has 110 valence electrons. The quantitative estimate of drug-likeness (QED) is 0.702. The van der Waals surface area contributed by atoms with Gasteiger partial charge in [-0.05, 0) is 12.8 Å². The van der Waals surface area contributed by atoms with Crippen LogP contribution in [0.5, 0.6) is 0 Å². The zero-order valence-corrected chi connectivity index (χ0v) is 12.3. The number of carbonyl (C=O) groups is 1. The number of aliphatic hydroxyl groups excluding tert-OH is 1. The maximum Gasteiger partial charge on any atom is 0.263 e. The van der Waals surface area contributed by atoms with Crippen LogP contribution < -0.4 is 10.6 Å². The first-order valence-electron chi connectivity index (χ1n) is 6.97. The largest absolute Gasteiger partial charge is 0.396 e. The summed E-state index contributed by atoms with van der Waals surface area (Å²) < 4.78 is 0. The maximum atomic E-state index is 12.2. The lowest BCUT2D eigenvalue weighted by molar-refractivity contribution is 0.0876. The first-order valence-corrected chi connectivity index (χ1v) is 7.78. The van der Waals surface area contributed by atoms with E-state index < -0.39 is 0 Å². The van der Waals surface area contributed by atoms with E-state index in [2.05, 4.69) is 22.2 Å². The lowest BCUT2D eigenvalue weighted by atomic mass is 9.85. The summed E-state index contributed by atoms with van der Waals surface area (Å²) in [5, 5.41) is 16.2. The second-order valence-corrected chi connectivity index (χ2v) is 6.04. The van der Waals surface area contributed by atoms with Crippen LogP contribution in [0.3, 0.4) is 0 Å². The van der Waals surface area contributed by atoms with Gasteiger partial charge in [-0.3, -0.25) is 4.79 Å². The average Bonchev–Trinajstić information content (AvgIpc) is 2.94. The normalized spacial score (nSPS) is 22.2. The maximum absolute atomic E-state index is 12.2. The van der Waals surface area contributed by atoms with Crippen molar-refractivity contribution in [2.24, 2.45) is 5.92 Å². The Morgan fingerprint density at radius 1 is 1.55 bits per heavy atom. The predicted octanol–water partition coefficient (Wildman–Crippen LogP) is 2.02. The molecule has 1 aliphatic carbocycles. The number of aromatic nitrogens is 1. The number of thiazole rings is 1. The molecular weight excluding hydrogens is 274 g/mol. The molecule has 1 aromatic rings. The Bertz CT molecular complexity index is 461. The molecule has 5 nitrogen and oxygen atoms in total. The van der Waals surface area contributed by atoms with Crippen LogP contribution >= 0.6 is 11.3 Å². The summed E-state index contributed by atoms with van der Waals surface area (Å²) in [6, 6.07) is 0.0768. The molecule has 0 bridgehead atoms. The summed E-state index contributed by atoms with van der Waals surface area (Å²) in [7, 11) is 0. The third-order valence-corrected chi connectivity index (χ3v) is 4.54. The Hall–Kier alpha value is -1.40. The SMILES string of the molecule is C=CCNc1ncc(C(=O)N[C@H]2CCCC[C@H]2CO)s1. The van der Waals surface area contributed by atoms with Crippen LogP contribution in [0.1, 0.15) is 35.4 Å². The molecule has 0 spiro atoms. The molecule has 20 heavy (non-hydrogen) atoms. The molecule has 0 saturated heterocycles. The molecule has 1 fully saturated rings. The lowest BCUT2D eigenvalue weighted by Gasteiger charge is -2.30. The second-order valence-electron chi connectivity index (χ2n) is 5.01. The number of nitrogens with one attached hydrogen (secondary N) is 2. The van der Waals surface area contributed by atoms with Crippen molar-refractivity contribution < 1.29 is 9.90 Å². The van der Waals surface area contributed by atoms with Gasteiger partial charge in [0.05, 0.1) is 6.20 Å². The van der Waals surface area contributed by atoms with Crippen LogP contribution in [0.4, 0.5) is 5.13 Å². The van der Waals surface area contributed by atoms with Gasteiger partial charge in [-0.2, -0.15) is 0 Å². The number of anilines is 1. The molecule has 1 aliphatic rings. The molecule has 0 aliphatic heterocycles. The van der Waals surface area contributed by atoms with E-state index in [9.17, 15) is 9.90 Å². The smallest absolute Gasteiger partial charge is 0.263 e. The van der Waals surface area contributed by atoms with E-state index in [0.717, 1.165) is 30.8 Å². The van der Waals surface area contributed by atoms with E-state index in [1.807, 2.05) is 0 Å². The first-order chi connectivity index (χ1) is 9.74. The van der Waals surface area contributed by atoms with Gasteiger partial charge in [-0.25, -0.2) is 4.98 Å². The summed E-state index contributed by atoms with van der Waals surface area (Å²) in [5.41, 5.74) is 0. The van der Waals surface area contributed by atoms with Gasteiger partial charge in [0.1, 0.15) is 4.88 Å². The fourth-order valence-corrected chi connectivity index (χ4v) is 3.20. The van der Waals surface area contributed by atoms with Gasteiger partial charge in [0.2, 0.25) is 0 Å². The summed E-state index contributed by atoms with van der Waals surface area (Å²) in [6.45, 7) is 4.39. The number of nitrogens with zero attached hydrogens (tertiary/aromatic N) is 1. The minimum Gasteiger partial charge on any atom is -0.396 e. The monoisotopic (exact) mass is 295 g/mol. The first kappa shape index (κ1) is 15.0. The van der Waals surface area contributed by atoms with E-state index in [-0.39, 0.29) is 24.5 Å². The number of carbonyl (C=O) groups excluding carboxylic acids is 1. The average molecular weight is 295 g/mol. The molecule has 2 atom stereocenters. The highest BCUT2D eigenvalue weighted by molar-refractivity contribution is 7.17. The van der Waals surface area contributed by atoms with Gasteiger partial charge in [-0.1, -0.05) is 30.3 Å². The molecule has 0 unspecified atom stereocenters. The third-order valence-electron chi connectivity index (χ3n) is 3.59. The van der Waals surface area contributed by atoms with Crippen molar-refractivity contribution in [2.75, 3.05) is 18.5 Å². The van der Waals surface area contributed by atoms with Gasteiger partial charge in [0.25, 0.3) is 5.91 Å². The summed E-state index contributed by atoms with van der Waals surface area (Å²) in [4.78, 5) is 16.9. The Labute approximate surface area is 123 Å². The lowest BCUT2D eigenvalue weighted by Crippen LogP contribution is -2.43. The Morgan fingerprint density at radius 3 is 3.10 bits per heavy atom. The van der Waals surface area contributed by atoms with Crippen molar-refractivity contribution in [3.05, 3.63) is 23.7 Å². The molecule has 2 rings (SSSR count). The Balaban J connectivity index is 1.93. The van der Waals surface area contributed by atoms with Crippen LogP contribution in [0.15, 0.2) is 18.9 Å². The summed E-state index contributed by atoms with van der Waals surface area (Å²) in [6.07, 6.45) is 7.49. The number of amides is 1. The molecule has 0 aromatic carbocycles. The fourth-order valence-electron chi connectivity index (χ4n) is 2.48. The molecule has 1 amide bonds. The van der Waals surface area contributed by atoms with Gasteiger partial charge in [-0.15, -0.1) is 6.58 Å².